The van der Waals surface area contributed by atoms with Crippen LogP contribution in [0.2, 0.25) is 0 Å². The fourth-order valence-corrected chi connectivity index (χ4v) is 2.81. The second-order valence-electron chi connectivity index (χ2n) is 6.29. The maximum absolute atomic E-state index is 7.12. The molecule has 1 heterocycles. The molecular formula is C16H16N2O2. The number of nitrogens with zero attached hydrogens (tertiary/aromatic N) is 2. The normalized spacial score (nSPS) is 21.2. The Hall–Kier alpha value is -2.20. The summed E-state index contributed by atoms with van der Waals surface area (Å²) in [6, 6.07) is 3.26. The summed E-state index contributed by atoms with van der Waals surface area (Å²) < 4.78 is 12.0. The number of rotatable bonds is 0. The molecule has 4 nitrogen and oxygen atoms in total. The minimum Gasteiger partial charge on any atom is -0.450 e. The zero-order valence-electron chi connectivity index (χ0n) is 11.7. The molecule has 0 atom stereocenters. The molecule has 0 unspecified atom stereocenters. The molecule has 0 radical (unpaired) electrons. The molecule has 3 rings (SSSR count). The van der Waals surface area contributed by atoms with Crippen LogP contribution in [0.5, 0.6) is 11.5 Å². The molecule has 1 saturated carbocycles. The van der Waals surface area contributed by atoms with Gasteiger partial charge in [0.05, 0.1) is 13.1 Å². The van der Waals surface area contributed by atoms with E-state index in [2.05, 4.69) is 23.5 Å². The molecule has 0 aromatic heterocycles. The predicted octanol–water partition coefficient (Wildman–Crippen LogP) is 4.86. The van der Waals surface area contributed by atoms with Gasteiger partial charge >= 0.3 is 0 Å². The van der Waals surface area contributed by atoms with Gasteiger partial charge in [-0.1, -0.05) is 13.8 Å². The number of ether oxygens (including phenoxy) is 2. The van der Waals surface area contributed by atoms with Crippen molar-refractivity contribution in [3.05, 3.63) is 35.0 Å². The zero-order valence-corrected chi connectivity index (χ0v) is 11.7. The van der Waals surface area contributed by atoms with E-state index in [0.717, 1.165) is 25.7 Å². The van der Waals surface area contributed by atoms with Crippen molar-refractivity contribution >= 4 is 11.4 Å². The minimum absolute atomic E-state index is 0.329. The third kappa shape index (κ3) is 1.98. The van der Waals surface area contributed by atoms with Crippen LogP contribution in [-0.2, 0) is 0 Å². The second-order valence-corrected chi connectivity index (χ2v) is 6.29. The largest absolute Gasteiger partial charge is 0.450 e. The van der Waals surface area contributed by atoms with E-state index in [9.17, 15) is 0 Å². The van der Waals surface area contributed by atoms with Gasteiger partial charge in [-0.3, -0.25) is 0 Å². The van der Waals surface area contributed by atoms with Crippen molar-refractivity contribution in [3.63, 3.8) is 0 Å². The van der Waals surface area contributed by atoms with Crippen molar-refractivity contribution in [2.75, 3.05) is 0 Å². The van der Waals surface area contributed by atoms with E-state index in [1.54, 1.807) is 12.1 Å². The van der Waals surface area contributed by atoms with Crippen molar-refractivity contribution in [2.45, 2.75) is 45.3 Å². The topological polar surface area (TPSA) is 27.2 Å². The summed E-state index contributed by atoms with van der Waals surface area (Å²) in [5.41, 5.74) is 0.988. The first kappa shape index (κ1) is 12.8. The van der Waals surface area contributed by atoms with Crippen molar-refractivity contribution < 1.29 is 9.47 Å². The summed E-state index contributed by atoms with van der Waals surface area (Å²) >= 11 is 0. The van der Waals surface area contributed by atoms with Gasteiger partial charge in [0.2, 0.25) is 0 Å². The molecule has 2 aliphatic rings. The molecule has 4 heteroatoms. The van der Waals surface area contributed by atoms with Gasteiger partial charge in [0.25, 0.3) is 5.79 Å². The Labute approximate surface area is 119 Å². The molecular weight excluding hydrogens is 252 g/mol. The monoisotopic (exact) mass is 268 g/mol. The van der Waals surface area contributed by atoms with E-state index in [1.165, 1.54) is 0 Å². The highest BCUT2D eigenvalue weighted by atomic mass is 16.7. The van der Waals surface area contributed by atoms with E-state index < -0.39 is 5.79 Å². The summed E-state index contributed by atoms with van der Waals surface area (Å²) in [4.78, 5) is 6.75. The summed E-state index contributed by atoms with van der Waals surface area (Å²) in [6.45, 7) is 18.8. The van der Waals surface area contributed by atoms with Gasteiger partial charge < -0.3 is 9.47 Å². The Bertz CT molecular complexity index is 595. The molecule has 0 N–H and O–H groups in total. The molecule has 1 aliphatic heterocycles. The van der Waals surface area contributed by atoms with Gasteiger partial charge in [-0.2, -0.15) is 0 Å². The zero-order chi connectivity index (χ0) is 14.4. The van der Waals surface area contributed by atoms with Gasteiger partial charge in [0, 0.05) is 12.8 Å². The molecule has 1 aliphatic carbocycles. The Morgan fingerprint density at radius 1 is 0.900 bits per heavy atom. The third-order valence-electron chi connectivity index (χ3n) is 4.24. The highest BCUT2D eigenvalue weighted by molar-refractivity contribution is 5.76. The maximum atomic E-state index is 7.12. The average molecular weight is 268 g/mol. The summed E-state index contributed by atoms with van der Waals surface area (Å²) in [7, 11) is 0. The quantitative estimate of drug-likeness (QED) is 0.628. The van der Waals surface area contributed by atoms with Crippen LogP contribution in [0.15, 0.2) is 12.1 Å². The van der Waals surface area contributed by atoms with E-state index in [0.29, 0.717) is 28.3 Å². The molecule has 102 valence electrons. The lowest BCUT2D eigenvalue weighted by atomic mass is 9.75. The molecule has 20 heavy (non-hydrogen) atoms. The number of hydrogen-bond acceptors (Lipinski definition) is 2. The van der Waals surface area contributed by atoms with Crippen LogP contribution in [0, 0.1) is 18.6 Å². The van der Waals surface area contributed by atoms with Gasteiger partial charge in [-0.05, 0) is 30.4 Å². The summed E-state index contributed by atoms with van der Waals surface area (Å²) in [5.74, 6) is 0.615. The molecule has 1 aromatic carbocycles. The standard InChI is InChI=1S/C16H16N2O2/c1-15(2)5-7-16(8-6-15)19-13-9-11(17-3)12(18-4)10-14(13)20-16/h9-10H,5-8H2,1-2H3. The average Bonchev–Trinajstić information content (AvgIpc) is 2.78. The first-order valence-corrected chi connectivity index (χ1v) is 6.78. The van der Waals surface area contributed by atoms with E-state index >= 15 is 0 Å². The second kappa shape index (κ2) is 4.15. The van der Waals surface area contributed by atoms with E-state index in [1.807, 2.05) is 0 Å². The number of fused-ring (bicyclic) bond motifs is 1. The molecule has 0 saturated heterocycles. The van der Waals surface area contributed by atoms with Gasteiger partial charge in [-0.15, -0.1) is 0 Å². The van der Waals surface area contributed by atoms with Gasteiger partial charge in [0.15, 0.2) is 22.9 Å². The molecule has 1 aromatic rings. The maximum Gasteiger partial charge on any atom is 0.251 e. The highest BCUT2D eigenvalue weighted by Crippen LogP contribution is 2.52. The minimum atomic E-state index is -0.586. The fraction of sp³-hybridized carbons (Fsp3) is 0.500. The third-order valence-corrected chi connectivity index (χ3v) is 4.24. The molecule has 0 bridgehead atoms. The lowest BCUT2D eigenvalue weighted by Crippen LogP contribution is -2.44. The van der Waals surface area contributed by atoms with Crippen LogP contribution in [0.25, 0.3) is 9.69 Å². The summed E-state index contributed by atoms with van der Waals surface area (Å²) in [5, 5.41) is 0. The number of benzene rings is 1. The van der Waals surface area contributed by atoms with E-state index in [4.69, 9.17) is 22.6 Å². The van der Waals surface area contributed by atoms with Crippen molar-refractivity contribution in [1.29, 1.82) is 0 Å². The van der Waals surface area contributed by atoms with Crippen molar-refractivity contribution in [2.24, 2.45) is 5.41 Å². The highest BCUT2D eigenvalue weighted by Gasteiger charge is 2.46. The fourth-order valence-electron chi connectivity index (χ4n) is 2.81. The van der Waals surface area contributed by atoms with Crippen LogP contribution < -0.4 is 9.47 Å². The molecule has 0 amide bonds. The summed E-state index contributed by atoms with van der Waals surface area (Å²) in [6.07, 6.45) is 3.78. The van der Waals surface area contributed by atoms with Crippen LogP contribution >= 0.6 is 0 Å². The predicted molar refractivity (Wildman–Crippen MR) is 75.2 cm³/mol. The van der Waals surface area contributed by atoms with E-state index in [-0.39, 0.29) is 0 Å². The first-order chi connectivity index (χ1) is 9.47. The van der Waals surface area contributed by atoms with Gasteiger partial charge in [-0.25, -0.2) is 9.69 Å². The SMILES string of the molecule is [C-]#[N+]c1cc2c(cc1[N+]#[C-])OC1(CCC(C)(C)CC1)O2. The van der Waals surface area contributed by atoms with Crippen LogP contribution in [-0.4, -0.2) is 5.79 Å². The lowest BCUT2D eigenvalue weighted by molar-refractivity contribution is -0.123. The van der Waals surface area contributed by atoms with Crippen LogP contribution in [0.4, 0.5) is 11.4 Å². The lowest BCUT2D eigenvalue weighted by Gasteiger charge is -2.39. The Morgan fingerprint density at radius 3 is 1.75 bits per heavy atom. The first-order valence-electron chi connectivity index (χ1n) is 6.78. The number of hydrogen-bond donors (Lipinski definition) is 0. The molecule has 1 spiro atoms. The van der Waals surface area contributed by atoms with Crippen LogP contribution in [0.1, 0.15) is 39.5 Å². The molecule has 1 fully saturated rings. The van der Waals surface area contributed by atoms with Crippen LogP contribution in [0.3, 0.4) is 0 Å². The Morgan fingerprint density at radius 2 is 1.35 bits per heavy atom. The Kier molecular flexibility index (Phi) is 2.66. The van der Waals surface area contributed by atoms with Crippen molar-refractivity contribution in [1.82, 2.24) is 0 Å². The Balaban J connectivity index is 1.90. The smallest absolute Gasteiger partial charge is 0.251 e. The van der Waals surface area contributed by atoms with Crippen molar-refractivity contribution in [3.8, 4) is 11.5 Å². The van der Waals surface area contributed by atoms with Gasteiger partial charge in [0.1, 0.15) is 0 Å².